The van der Waals surface area contributed by atoms with E-state index in [1.54, 1.807) is 0 Å². The molecule has 3 atom stereocenters. The van der Waals surface area contributed by atoms with Gasteiger partial charge in [0.25, 0.3) is 5.91 Å². The number of nitrogens with one attached hydrogen (secondary N) is 1. The Morgan fingerprint density at radius 3 is 2.53 bits per heavy atom. The van der Waals surface area contributed by atoms with Crippen molar-refractivity contribution in [2.75, 3.05) is 13.7 Å². The largest absolute Gasteiger partial charge is 0.504 e. The van der Waals surface area contributed by atoms with E-state index in [0.29, 0.717) is 5.01 Å². The van der Waals surface area contributed by atoms with Crippen LogP contribution in [0, 0.1) is 0 Å². The zero-order valence-corrected chi connectivity index (χ0v) is 18.2. The van der Waals surface area contributed by atoms with Crippen molar-refractivity contribution in [3.8, 4) is 11.5 Å². The van der Waals surface area contributed by atoms with E-state index in [0.717, 1.165) is 31.0 Å². The first-order valence-electron chi connectivity index (χ1n) is 8.93. The van der Waals surface area contributed by atoms with Crippen LogP contribution in [-0.2, 0) is 24.2 Å². The number of carboxylic acid groups (broad SMARTS) is 1. The van der Waals surface area contributed by atoms with Crippen molar-refractivity contribution in [1.82, 2.24) is 15.3 Å². The van der Waals surface area contributed by atoms with Crippen molar-refractivity contribution >= 4 is 45.3 Å². The highest BCUT2D eigenvalue weighted by Crippen LogP contribution is 2.46. The molecule has 0 bridgehead atoms. The maximum Gasteiger partial charge on any atom is 0.426 e. The van der Waals surface area contributed by atoms with Crippen molar-refractivity contribution in [2.45, 2.75) is 29.5 Å². The molecule has 3 rings (SSSR count). The van der Waals surface area contributed by atoms with Crippen molar-refractivity contribution in [1.29, 1.82) is 0 Å². The molecule has 1 aromatic carbocycles. The number of phenolic OH excluding ortho intramolecular Hbond substituents is 2. The number of fused-ring (bicyclic) bond motifs is 1. The van der Waals surface area contributed by atoms with Gasteiger partial charge in [-0.3, -0.25) is 14.6 Å². The molecule has 2 fully saturated rings. The van der Waals surface area contributed by atoms with Crippen LogP contribution in [0.15, 0.2) is 12.1 Å². The summed E-state index contributed by atoms with van der Waals surface area (Å²) >= 11 is 5.81. The Bertz CT molecular complexity index is 1140. The lowest BCUT2D eigenvalue weighted by Crippen LogP contribution is -2.58. The minimum absolute atomic E-state index is 0.274. The monoisotopic (exact) mass is 491 g/mol. The van der Waals surface area contributed by atoms with Crippen LogP contribution in [0.3, 0.4) is 0 Å². The third kappa shape index (κ3) is 3.35. The van der Waals surface area contributed by atoms with E-state index in [9.17, 15) is 42.9 Å². The van der Waals surface area contributed by atoms with E-state index in [2.05, 4.69) is 0 Å². The quantitative estimate of drug-likeness (QED) is 0.246. The molecule has 0 saturated carbocycles. The molecular weight excluding hydrogens is 474 g/mol. The lowest BCUT2D eigenvalue weighted by atomic mass is 9.97. The molecular formula is C17H18ClN3O10S. The van der Waals surface area contributed by atoms with E-state index >= 15 is 0 Å². The Hall–Kier alpha value is -3.26. The van der Waals surface area contributed by atoms with Gasteiger partial charge in [-0.2, -0.15) is 0 Å². The molecule has 3 amide bonds. The third-order valence-corrected chi connectivity index (χ3v) is 8.56. The van der Waals surface area contributed by atoms with Crippen LogP contribution in [-0.4, -0.2) is 87.3 Å². The normalized spacial score (nSPS) is 25.5. The van der Waals surface area contributed by atoms with Crippen LogP contribution in [0.2, 0.25) is 5.02 Å². The minimum atomic E-state index is -4.18. The number of phenols is 2. The summed E-state index contributed by atoms with van der Waals surface area (Å²) in [5.41, 5.74) is 1.72. The highest BCUT2D eigenvalue weighted by Gasteiger charge is 2.70. The number of ether oxygens (including phenoxy) is 1. The summed E-state index contributed by atoms with van der Waals surface area (Å²) in [7, 11) is -3.08. The molecule has 2 saturated heterocycles. The van der Waals surface area contributed by atoms with E-state index in [-0.39, 0.29) is 12.0 Å². The van der Waals surface area contributed by atoms with Crippen molar-refractivity contribution in [3.63, 3.8) is 0 Å². The van der Waals surface area contributed by atoms with Crippen LogP contribution in [0.1, 0.15) is 23.7 Å². The van der Waals surface area contributed by atoms with E-state index in [4.69, 9.17) is 16.3 Å². The minimum Gasteiger partial charge on any atom is -0.504 e. The van der Waals surface area contributed by atoms with Gasteiger partial charge in [-0.05, 0) is 19.1 Å². The second kappa shape index (κ2) is 7.70. The molecule has 2 aliphatic heterocycles. The molecule has 0 aliphatic carbocycles. The number of carboxylic acids is 1. The van der Waals surface area contributed by atoms with Gasteiger partial charge in [-0.15, -0.1) is 0 Å². The maximum atomic E-state index is 12.8. The van der Waals surface area contributed by atoms with Gasteiger partial charge in [0.15, 0.2) is 27.4 Å². The third-order valence-electron chi connectivity index (χ3n) is 5.42. The van der Waals surface area contributed by atoms with Gasteiger partial charge in [0, 0.05) is 7.05 Å². The number of carbonyl (C=O) groups excluding carboxylic acids is 3. The molecule has 15 heteroatoms. The van der Waals surface area contributed by atoms with Gasteiger partial charge in [0.05, 0.1) is 17.0 Å². The molecule has 0 spiro atoms. The Kier molecular flexibility index (Phi) is 5.63. The van der Waals surface area contributed by atoms with Gasteiger partial charge in [0.1, 0.15) is 16.7 Å². The first-order chi connectivity index (χ1) is 14.7. The van der Waals surface area contributed by atoms with Gasteiger partial charge in [0.2, 0.25) is 5.91 Å². The predicted molar refractivity (Wildman–Crippen MR) is 105 cm³/mol. The summed E-state index contributed by atoms with van der Waals surface area (Å²) < 4.78 is 28.3. The molecule has 1 aromatic rings. The number of aromatic hydroxyl groups is 2. The number of rotatable bonds is 4. The van der Waals surface area contributed by atoms with Crippen LogP contribution in [0.25, 0.3) is 0 Å². The van der Waals surface area contributed by atoms with E-state index in [1.807, 2.05) is 5.43 Å². The lowest BCUT2D eigenvalue weighted by Gasteiger charge is -2.35. The first kappa shape index (κ1) is 23.4. The van der Waals surface area contributed by atoms with Crippen LogP contribution in [0.5, 0.6) is 11.5 Å². The molecule has 2 aliphatic rings. The van der Waals surface area contributed by atoms with Gasteiger partial charge in [-0.1, -0.05) is 11.6 Å². The van der Waals surface area contributed by atoms with Crippen molar-refractivity contribution in [2.24, 2.45) is 0 Å². The predicted octanol–water partition coefficient (Wildman–Crippen LogP) is -0.337. The van der Waals surface area contributed by atoms with Gasteiger partial charge in [-0.25, -0.2) is 23.4 Å². The fourth-order valence-electron chi connectivity index (χ4n) is 3.60. The smallest absolute Gasteiger partial charge is 0.426 e. The number of hydrogen-bond acceptors (Lipinski definition) is 9. The number of amides is 3. The standard InChI is InChI=1S/C17H18ClN3O10S/c1-17(13(15(26)27)21-9(23)5-10(21)32(17,29)30)6-31-16(28)19-20(2)14(25)7-3-4-8(22)12(24)11(7)18/h3-4,10,13,22,24H,5-6H2,1-2H3,(H,19,28)(H,26,27)/t10-,13+,17+/m1/s1. The Morgan fingerprint density at radius 1 is 1.34 bits per heavy atom. The molecule has 4 N–H and O–H groups in total. The Morgan fingerprint density at radius 2 is 1.97 bits per heavy atom. The highest BCUT2D eigenvalue weighted by molar-refractivity contribution is 7.94. The second-order valence-electron chi connectivity index (χ2n) is 7.41. The molecule has 0 unspecified atom stereocenters. The topological polar surface area (TPSA) is 191 Å². The number of hydrazine groups is 1. The van der Waals surface area contributed by atoms with Gasteiger partial charge >= 0.3 is 12.1 Å². The SMILES string of the molecule is CN(NC(=O)OC[C@@]1(C)[C@H](C(=O)O)N2C(=O)C[C@H]2S1(=O)=O)C(=O)c1ccc(O)c(O)c1Cl. The number of sulfone groups is 1. The lowest BCUT2D eigenvalue weighted by molar-refractivity contribution is -0.158. The molecule has 2 heterocycles. The number of nitrogens with zero attached hydrogens (tertiary/aromatic N) is 2. The summed E-state index contributed by atoms with van der Waals surface area (Å²) in [5, 5.41) is 27.3. The van der Waals surface area contributed by atoms with Crippen LogP contribution >= 0.6 is 11.6 Å². The zero-order chi connectivity index (χ0) is 24.2. The van der Waals surface area contributed by atoms with Gasteiger partial charge < -0.3 is 25.0 Å². The summed E-state index contributed by atoms with van der Waals surface area (Å²) in [6.45, 7) is 0.162. The van der Waals surface area contributed by atoms with Crippen LogP contribution in [0.4, 0.5) is 4.79 Å². The zero-order valence-electron chi connectivity index (χ0n) is 16.6. The van der Waals surface area contributed by atoms with Crippen LogP contribution < -0.4 is 5.43 Å². The van der Waals surface area contributed by atoms with E-state index in [1.165, 1.54) is 0 Å². The number of benzene rings is 1. The van der Waals surface area contributed by atoms with Crippen molar-refractivity contribution in [3.05, 3.63) is 22.7 Å². The second-order valence-corrected chi connectivity index (χ2v) is 10.3. The molecule has 32 heavy (non-hydrogen) atoms. The van der Waals surface area contributed by atoms with E-state index < -0.39 is 73.0 Å². The number of hydrogen-bond donors (Lipinski definition) is 4. The fraction of sp³-hybridized carbons (Fsp3) is 0.412. The summed E-state index contributed by atoms with van der Waals surface area (Å²) in [4.78, 5) is 48.8. The number of halogens is 1. The average Bonchev–Trinajstić information content (AvgIpc) is 2.85. The summed E-state index contributed by atoms with van der Waals surface area (Å²) in [5.74, 6) is -4.43. The summed E-state index contributed by atoms with van der Waals surface area (Å²) in [6.07, 6.45) is -1.65. The molecule has 0 radical (unpaired) electrons. The molecule has 174 valence electrons. The number of β-lactam (4-membered cyclic amide) rings is 1. The Balaban J connectivity index is 1.71. The number of aliphatic carboxylic acids is 1. The highest BCUT2D eigenvalue weighted by atomic mass is 35.5. The maximum absolute atomic E-state index is 12.8. The van der Waals surface area contributed by atoms with Crippen molar-refractivity contribution < 1.29 is 47.7 Å². The molecule has 0 aromatic heterocycles. The summed E-state index contributed by atoms with van der Waals surface area (Å²) in [6, 6.07) is 0.349. The average molecular weight is 492 g/mol. The first-order valence-corrected chi connectivity index (χ1v) is 10.9. The fourth-order valence-corrected chi connectivity index (χ4v) is 6.11. The molecule has 13 nitrogen and oxygen atoms in total. The number of carbonyl (C=O) groups is 4. The Labute approximate surface area is 186 Å².